The molecule has 2 rings (SSSR count). The Morgan fingerprint density at radius 2 is 1.90 bits per heavy atom. The monoisotopic (exact) mass is 298 g/mol. The molecule has 21 heavy (non-hydrogen) atoms. The number of fused-ring (bicyclic) bond motifs is 1. The highest BCUT2D eigenvalue weighted by atomic mass is 19.1. The highest BCUT2D eigenvalue weighted by Gasteiger charge is 2.30. The van der Waals surface area contributed by atoms with Crippen LogP contribution in [-0.4, -0.2) is 51.5 Å². The van der Waals surface area contributed by atoms with Crippen molar-refractivity contribution in [2.45, 2.75) is 6.10 Å². The number of aliphatic hydroxyl groups is 1. The molecule has 7 heteroatoms. The Bertz CT molecular complexity index is 516. The first kappa shape index (κ1) is 15.7. The molecular formula is C14H19FN2O4. The molecule has 0 radical (unpaired) electrons. The van der Waals surface area contributed by atoms with E-state index < -0.39 is 17.8 Å². The Hall–Kier alpha value is -1.70. The molecule has 6 nitrogen and oxygen atoms in total. The van der Waals surface area contributed by atoms with E-state index in [2.05, 4.69) is 5.32 Å². The number of aliphatic hydroxyl groups excluding tert-OH is 1. The number of benzene rings is 1. The van der Waals surface area contributed by atoms with E-state index in [9.17, 15) is 14.3 Å². The summed E-state index contributed by atoms with van der Waals surface area (Å²) in [5.74, 6) is -1.03. The van der Waals surface area contributed by atoms with Crippen molar-refractivity contribution in [3.8, 4) is 0 Å². The van der Waals surface area contributed by atoms with Crippen LogP contribution in [0.25, 0.3) is 0 Å². The quantitative estimate of drug-likeness (QED) is 0.783. The molecule has 1 aliphatic heterocycles. The average Bonchev–Trinajstić information content (AvgIpc) is 2.74. The normalized spacial score (nSPS) is 16.8. The molecule has 2 N–H and O–H groups in total. The minimum absolute atomic E-state index is 0.264. The topological polar surface area (TPSA) is 71.0 Å². The summed E-state index contributed by atoms with van der Waals surface area (Å²) >= 11 is 0. The van der Waals surface area contributed by atoms with E-state index in [0.29, 0.717) is 37.7 Å². The van der Waals surface area contributed by atoms with E-state index in [1.807, 2.05) is 0 Å². The van der Waals surface area contributed by atoms with Crippen molar-refractivity contribution in [1.29, 1.82) is 0 Å². The van der Waals surface area contributed by atoms with E-state index in [4.69, 9.17) is 9.47 Å². The number of carbonyl (C=O) groups excluding carboxylic acids is 1. The van der Waals surface area contributed by atoms with Crippen molar-refractivity contribution in [2.75, 3.05) is 50.7 Å². The molecule has 1 aromatic rings. The molecule has 0 saturated carbocycles. The van der Waals surface area contributed by atoms with Crippen LogP contribution in [0.4, 0.5) is 15.8 Å². The van der Waals surface area contributed by atoms with Crippen LogP contribution in [0.5, 0.6) is 0 Å². The number of amides is 1. The number of nitrogens with zero attached hydrogens (tertiary/aromatic N) is 1. The first-order chi connectivity index (χ1) is 10.1. The zero-order chi connectivity index (χ0) is 15.4. The number of halogens is 1. The lowest BCUT2D eigenvalue weighted by Gasteiger charge is -2.25. The average molecular weight is 298 g/mol. The molecular weight excluding hydrogens is 279 g/mol. The molecule has 1 aromatic carbocycles. The van der Waals surface area contributed by atoms with Gasteiger partial charge in [0.25, 0.3) is 5.91 Å². The summed E-state index contributed by atoms with van der Waals surface area (Å²) in [5, 5.41) is 12.2. The second-order valence-electron chi connectivity index (χ2n) is 4.76. The van der Waals surface area contributed by atoms with E-state index in [1.165, 1.54) is 12.1 Å². The van der Waals surface area contributed by atoms with Crippen molar-refractivity contribution < 1.29 is 23.8 Å². The maximum Gasteiger partial charge on any atom is 0.257 e. The van der Waals surface area contributed by atoms with Crippen LogP contribution in [0.2, 0.25) is 0 Å². The fourth-order valence-electron chi connectivity index (χ4n) is 2.25. The maximum absolute atomic E-state index is 14.3. The molecule has 0 aromatic heterocycles. The lowest BCUT2D eigenvalue weighted by atomic mass is 10.1. The summed E-state index contributed by atoms with van der Waals surface area (Å²) in [6.07, 6.45) is -1.31. The van der Waals surface area contributed by atoms with E-state index >= 15 is 0 Å². The van der Waals surface area contributed by atoms with Gasteiger partial charge in [0.2, 0.25) is 0 Å². The number of rotatable bonds is 7. The van der Waals surface area contributed by atoms with Gasteiger partial charge < -0.3 is 24.8 Å². The lowest BCUT2D eigenvalue weighted by Crippen LogP contribution is -2.31. The summed E-state index contributed by atoms with van der Waals surface area (Å²) in [7, 11) is 3.15. The first-order valence-electron chi connectivity index (χ1n) is 6.63. The Morgan fingerprint density at radius 3 is 2.48 bits per heavy atom. The van der Waals surface area contributed by atoms with Crippen molar-refractivity contribution in [3.63, 3.8) is 0 Å². The molecule has 0 saturated heterocycles. The van der Waals surface area contributed by atoms with Gasteiger partial charge in [-0.1, -0.05) is 0 Å². The number of hydrogen-bond donors (Lipinski definition) is 2. The number of carbonyl (C=O) groups is 1. The molecule has 1 unspecified atom stereocenters. The van der Waals surface area contributed by atoms with E-state index in [-0.39, 0.29) is 5.56 Å². The van der Waals surface area contributed by atoms with Crippen LogP contribution in [0.15, 0.2) is 12.1 Å². The molecule has 116 valence electrons. The smallest absolute Gasteiger partial charge is 0.257 e. The molecule has 0 fully saturated rings. The van der Waals surface area contributed by atoms with Gasteiger partial charge in [0.05, 0.1) is 18.9 Å². The molecule has 1 heterocycles. The van der Waals surface area contributed by atoms with Gasteiger partial charge in [0, 0.05) is 38.6 Å². The van der Waals surface area contributed by atoms with Crippen LogP contribution in [0, 0.1) is 5.82 Å². The molecule has 0 aliphatic carbocycles. The van der Waals surface area contributed by atoms with Gasteiger partial charge in [0.15, 0.2) is 6.10 Å². The minimum atomic E-state index is -1.31. The third-order valence-corrected chi connectivity index (χ3v) is 3.39. The van der Waals surface area contributed by atoms with Gasteiger partial charge in [-0.15, -0.1) is 0 Å². The third-order valence-electron chi connectivity index (χ3n) is 3.39. The zero-order valence-corrected chi connectivity index (χ0v) is 12.1. The summed E-state index contributed by atoms with van der Waals surface area (Å²) < 4.78 is 24.3. The van der Waals surface area contributed by atoms with Gasteiger partial charge in [-0.3, -0.25) is 4.79 Å². The predicted octanol–water partition coefficient (Wildman–Crippen LogP) is 0.910. The summed E-state index contributed by atoms with van der Waals surface area (Å²) in [6.45, 7) is 1.86. The Labute approximate surface area is 122 Å². The molecule has 0 spiro atoms. The van der Waals surface area contributed by atoms with Gasteiger partial charge in [-0.25, -0.2) is 4.39 Å². The molecule has 1 aliphatic rings. The zero-order valence-electron chi connectivity index (χ0n) is 12.1. The van der Waals surface area contributed by atoms with Crippen LogP contribution < -0.4 is 10.2 Å². The van der Waals surface area contributed by atoms with Crippen molar-refractivity contribution in [2.24, 2.45) is 0 Å². The minimum Gasteiger partial charge on any atom is -0.383 e. The summed E-state index contributed by atoms with van der Waals surface area (Å²) in [5.41, 5.74) is 1.04. The van der Waals surface area contributed by atoms with Crippen molar-refractivity contribution >= 4 is 17.3 Å². The predicted molar refractivity (Wildman–Crippen MR) is 76.0 cm³/mol. The van der Waals surface area contributed by atoms with Gasteiger partial charge in [-0.2, -0.15) is 0 Å². The second-order valence-corrected chi connectivity index (χ2v) is 4.76. The standard InChI is InChI=1S/C14H19FN2O4/c1-20-5-3-17(4-6-21-2)12-8-11-9(7-10(12)15)13(18)14(19)16-11/h7-8,13,18H,3-6H2,1-2H3,(H,16,19). The Balaban J connectivity index is 2.28. The van der Waals surface area contributed by atoms with Crippen LogP contribution in [0.1, 0.15) is 11.7 Å². The number of anilines is 2. The highest BCUT2D eigenvalue weighted by Crippen LogP contribution is 2.35. The molecule has 0 bridgehead atoms. The van der Waals surface area contributed by atoms with E-state index in [0.717, 1.165) is 0 Å². The fourth-order valence-corrected chi connectivity index (χ4v) is 2.25. The van der Waals surface area contributed by atoms with Crippen LogP contribution in [0.3, 0.4) is 0 Å². The number of nitrogens with one attached hydrogen (secondary N) is 1. The fraction of sp³-hybridized carbons (Fsp3) is 0.500. The Kier molecular flexibility index (Phi) is 5.11. The number of methoxy groups -OCH3 is 2. The van der Waals surface area contributed by atoms with Crippen LogP contribution in [-0.2, 0) is 14.3 Å². The van der Waals surface area contributed by atoms with E-state index in [1.54, 1.807) is 19.1 Å². The maximum atomic E-state index is 14.3. The lowest BCUT2D eigenvalue weighted by molar-refractivity contribution is -0.123. The SMILES string of the molecule is COCCN(CCOC)c1cc2c(cc1F)C(O)C(=O)N2. The number of ether oxygens (including phenoxy) is 2. The molecule has 1 atom stereocenters. The first-order valence-corrected chi connectivity index (χ1v) is 6.63. The van der Waals surface area contributed by atoms with Crippen LogP contribution >= 0.6 is 0 Å². The van der Waals surface area contributed by atoms with Crippen molar-refractivity contribution in [1.82, 2.24) is 0 Å². The Morgan fingerprint density at radius 1 is 1.29 bits per heavy atom. The summed E-state index contributed by atoms with van der Waals surface area (Å²) in [4.78, 5) is 13.2. The highest BCUT2D eigenvalue weighted by molar-refractivity contribution is 6.02. The van der Waals surface area contributed by atoms with Gasteiger partial charge in [-0.05, 0) is 12.1 Å². The number of hydrogen-bond acceptors (Lipinski definition) is 5. The van der Waals surface area contributed by atoms with Gasteiger partial charge >= 0.3 is 0 Å². The third kappa shape index (κ3) is 3.31. The summed E-state index contributed by atoms with van der Waals surface area (Å²) in [6, 6.07) is 2.73. The largest absolute Gasteiger partial charge is 0.383 e. The molecule has 1 amide bonds. The second kappa shape index (κ2) is 6.84. The van der Waals surface area contributed by atoms with Gasteiger partial charge in [0.1, 0.15) is 5.82 Å². The van der Waals surface area contributed by atoms with Crippen molar-refractivity contribution in [3.05, 3.63) is 23.5 Å².